The number of amides is 3. The second-order valence-electron chi connectivity index (χ2n) is 14.1. The number of nitrogens with zero attached hydrogens (tertiary/aromatic N) is 3. The number of anilines is 3. The third-order valence-corrected chi connectivity index (χ3v) is 7.49. The van der Waals surface area contributed by atoms with E-state index < -0.39 is 35.4 Å². The fourth-order valence-corrected chi connectivity index (χ4v) is 5.26. The van der Waals surface area contributed by atoms with Gasteiger partial charge in [-0.1, -0.05) is 24.3 Å². The Morgan fingerprint density at radius 2 is 1.59 bits per heavy atom. The lowest BCUT2D eigenvalue weighted by atomic mass is 9.97. The first-order valence-electron chi connectivity index (χ1n) is 16.5. The van der Waals surface area contributed by atoms with Gasteiger partial charge < -0.3 is 25.2 Å². The first kappa shape index (κ1) is 37.9. The number of hydrogen-bond donors (Lipinski definition) is 3. The second-order valence-corrected chi connectivity index (χ2v) is 14.1. The summed E-state index contributed by atoms with van der Waals surface area (Å²) in [6, 6.07) is 19.8. The van der Waals surface area contributed by atoms with Crippen molar-refractivity contribution >= 4 is 52.0 Å². The number of aromatic nitrogens is 1. The van der Waals surface area contributed by atoms with Gasteiger partial charge in [0, 0.05) is 29.4 Å². The smallest absolute Gasteiger partial charge is 0.425 e. The van der Waals surface area contributed by atoms with Crippen LogP contribution < -0.4 is 15.5 Å². The van der Waals surface area contributed by atoms with E-state index in [9.17, 15) is 24.3 Å². The molecule has 3 N–H and O–H groups in total. The molecule has 0 fully saturated rings. The normalized spacial score (nSPS) is 12.0. The van der Waals surface area contributed by atoms with Gasteiger partial charge in [0.2, 0.25) is 5.91 Å². The number of hydrogen-bond acceptors (Lipinski definition) is 9. The van der Waals surface area contributed by atoms with Crippen LogP contribution in [0.15, 0.2) is 72.9 Å². The quantitative estimate of drug-likeness (QED) is 0.147. The van der Waals surface area contributed by atoms with E-state index in [1.165, 1.54) is 6.20 Å². The van der Waals surface area contributed by atoms with E-state index in [-0.39, 0.29) is 18.1 Å². The minimum absolute atomic E-state index is 0.00855. The number of nitriles is 1. The third-order valence-electron chi connectivity index (χ3n) is 7.49. The molecular weight excluding hydrogens is 650 g/mol. The number of ether oxygens (including phenoxy) is 2. The van der Waals surface area contributed by atoms with Gasteiger partial charge >= 0.3 is 18.2 Å². The summed E-state index contributed by atoms with van der Waals surface area (Å²) in [4.78, 5) is 56.5. The molecule has 1 unspecified atom stereocenters. The zero-order valence-electron chi connectivity index (χ0n) is 29.9. The molecule has 4 aromatic rings. The van der Waals surface area contributed by atoms with Crippen LogP contribution in [-0.2, 0) is 25.5 Å². The molecule has 1 aromatic heterocycles. The zero-order valence-corrected chi connectivity index (χ0v) is 29.9. The van der Waals surface area contributed by atoms with Crippen molar-refractivity contribution < 1.29 is 33.8 Å². The Hall–Kier alpha value is -5.96. The van der Waals surface area contributed by atoms with Gasteiger partial charge in [-0.05, 0) is 126 Å². The fourth-order valence-electron chi connectivity index (χ4n) is 5.26. The summed E-state index contributed by atoms with van der Waals surface area (Å²) >= 11 is 0. The van der Waals surface area contributed by atoms with Crippen molar-refractivity contribution in [2.24, 2.45) is 0 Å². The molecule has 0 aliphatic carbocycles. The summed E-state index contributed by atoms with van der Waals surface area (Å²) in [7, 11) is 0. The number of benzene rings is 3. The number of carbonyl (C=O) groups is 4. The van der Waals surface area contributed by atoms with Gasteiger partial charge in [-0.25, -0.2) is 19.4 Å². The van der Waals surface area contributed by atoms with Gasteiger partial charge in [0.05, 0.1) is 11.6 Å². The number of aryl methyl sites for hydroxylation is 2. The average molecular weight is 694 g/mol. The first-order chi connectivity index (χ1) is 23.9. The minimum Gasteiger partial charge on any atom is -0.479 e. The van der Waals surface area contributed by atoms with Crippen LogP contribution in [0.4, 0.5) is 26.8 Å². The zero-order chi connectivity index (χ0) is 37.5. The van der Waals surface area contributed by atoms with Crippen LogP contribution in [0.2, 0.25) is 0 Å². The van der Waals surface area contributed by atoms with Crippen molar-refractivity contribution in [1.82, 2.24) is 4.98 Å². The number of pyridine rings is 1. The van der Waals surface area contributed by atoms with Gasteiger partial charge in [0.15, 0.2) is 11.9 Å². The van der Waals surface area contributed by atoms with Gasteiger partial charge in [-0.2, -0.15) is 10.2 Å². The lowest BCUT2D eigenvalue weighted by Gasteiger charge is -2.28. The van der Waals surface area contributed by atoms with Gasteiger partial charge in [0.1, 0.15) is 11.2 Å². The largest absolute Gasteiger partial charge is 0.479 e. The van der Waals surface area contributed by atoms with Crippen LogP contribution in [0.1, 0.15) is 82.7 Å². The fraction of sp³-hybridized carbons (Fsp3) is 0.333. The van der Waals surface area contributed by atoms with Crippen molar-refractivity contribution in [3.8, 4) is 6.07 Å². The predicted octanol–water partition coefficient (Wildman–Crippen LogP) is 8.29. The molecular formula is C39H43N5O7. The number of carboxylic acid groups (broad SMARTS) is 1. The third kappa shape index (κ3) is 10.5. The van der Waals surface area contributed by atoms with Crippen LogP contribution >= 0.6 is 0 Å². The van der Waals surface area contributed by atoms with E-state index in [0.29, 0.717) is 46.1 Å². The maximum absolute atomic E-state index is 13.3. The van der Waals surface area contributed by atoms with Crippen LogP contribution in [0.5, 0.6) is 0 Å². The molecule has 0 saturated heterocycles. The number of nitrogens with one attached hydrogen (secondary N) is 2. The Balaban J connectivity index is 1.51. The predicted molar refractivity (Wildman–Crippen MR) is 195 cm³/mol. The maximum atomic E-state index is 13.3. The summed E-state index contributed by atoms with van der Waals surface area (Å²) in [5.41, 5.74) is 2.15. The highest BCUT2D eigenvalue weighted by Gasteiger charge is 2.34. The summed E-state index contributed by atoms with van der Waals surface area (Å²) in [6.07, 6.45) is 1.02. The van der Waals surface area contributed by atoms with Gasteiger partial charge in [-0.3, -0.25) is 4.79 Å². The summed E-state index contributed by atoms with van der Waals surface area (Å²) < 4.78 is 11.0. The second kappa shape index (κ2) is 15.7. The summed E-state index contributed by atoms with van der Waals surface area (Å²) in [6.45, 7) is 12.0. The van der Waals surface area contributed by atoms with Crippen molar-refractivity contribution in [3.63, 3.8) is 0 Å². The Bertz CT molecular complexity index is 1960. The number of carbonyl (C=O) groups excluding carboxylic acids is 3. The van der Waals surface area contributed by atoms with Crippen LogP contribution in [0.3, 0.4) is 0 Å². The number of carboxylic acids is 1. The van der Waals surface area contributed by atoms with E-state index >= 15 is 0 Å². The molecule has 0 saturated carbocycles. The monoisotopic (exact) mass is 693 g/mol. The number of fused-ring (bicyclic) bond motifs is 1. The first-order valence-corrected chi connectivity index (χ1v) is 16.5. The molecule has 0 radical (unpaired) electrons. The summed E-state index contributed by atoms with van der Waals surface area (Å²) in [5, 5.41) is 26.2. The Kier molecular flexibility index (Phi) is 11.7. The van der Waals surface area contributed by atoms with E-state index in [1.807, 2.05) is 19.1 Å². The molecule has 3 aromatic carbocycles. The maximum Gasteiger partial charge on any atom is 0.425 e. The molecule has 12 nitrogen and oxygen atoms in total. The highest BCUT2D eigenvalue weighted by atomic mass is 16.6. The lowest BCUT2D eigenvalue weighted by Crippen LogP contribution is -2.44. The van der Waals surface area contributed by atoms with Crippen LogP contribution in [-0.4, -0.2) is 45.4 Å². The van der Waals surface area contributed by atoms with E-state index in [0.717, 1.165) is 16.0 Å². The average Bonchev–Trinajstić information content (AvgIpc) is 3.02. The molecule has 0 aliphatic heterocycles. The molecule has 4 rings (SSSR count). The number of rotatable bonds is 10. The number of aliphatic carboxylic acids is 1. The Morgan fingerprint density at radius 1 is 0.902 bits per heavy atom. The van der Waals surface area contributed by atoms with E-state index in [4.69, 9.17) is 14.7 Å². The van der Waals surface area contributed by atoms with Crippen molar-refractivity contribution in [1.29, 1.82) is 5.26 Å². The highest BCUT2D eigenvalue weighted by Crippen LogP contribution is 2.31. The van der Waals surface area contributed by atoms with Crippen LogP contribution in [0, 0.1) is 18.3 Å². The topological polar surface area (TPSA) is 171 Å². The van der Waals surface area contributed by atoms with Gasteiger partial charge in [-0.15, -0.1) is 0 Å². The van der Waals surface area contributed by atoms with E-state index in [2.05, 4.69) is 21.7 Å². The molecule has 0 aliphatic rings. The highest BCUT2D eigenvalue weighted by molar-refractivity contribution is 6.14. The lowest BCUT2D eigenvalue weighted by molar-refractivity contribution is -0.138. The Morgan fingerprint density at radius 3 is 2.20 bits per heavy atom. The SMILES string of the molecule is Cc1cc(C(Nc2ccc3c(N(C(=O)OC(C)(C)C)C(=O)OC(C)(C)C)nccc3c2)C(=O)O)ccc1CCCC(=O)Nc1cccc(C#N)c1. The molecule has 0 bridgehead atoms. The minimum atomic E-state index is -1.09. The van der Waals surface area contributed by atoms with Crippen molar-refractivity contribution in [3.05, 3.63) is 95.2 Å². The number of imide groups is 1. The molecule has 1 atom stereocenters. The van der Waals surface area contributed by atoms with Gasteiger partial charge in [0.25, 0.3) is 0 Å². The summed E-state index contributed by atoms with van der Waals surface area (Å²) in [5.74, 6) is -1.24. The molecule has 51 heavy (non-hydrogen) atoms. The standard InChI is InChI=1S/C39H43N5O7/c1-24-20-28(15-14-26(24)11-9-13-32(45)42-29-12-8-10-25(21-29)23-40)33(35(46)47)43-30-16-17-31-27(22-30)18-19-41-34(31)44(36(48)50-38(2,3)4)37(49)51-39(5,6)7/h8,10,12,14-22,33,43H,9,11,13H2,1-7H3,(H,42,45)(H,46,47). The molecule has 3 amide bonds. The van der Waals surface area contributed by atoms with Crippen molar-refractivity contribution in [2.45, 2.75) is 85.0 Å². The Labute approximate surface area is 297 Å². The van der Waals surface area contributed by atoms with Crippen molar-refractivity contribution in [2.75, 3.05) is 15.5 Å². The molecule has 0 spiro atoms. The molecule has 266 valence electrons. The molecule has 12 heteroatoms. The van der Waals surface area contributed by atoms with Crippen LogP contribution in [0.25, 0.3) is 10.8 Å². The van der Waals surface area contributed by atoms with E-state index in [1.54, 1.807) is 96.1 Å². The molecule has 1 heterocycles.